The first-order chi connectivity index (χ1) is 13.0. The first-order valence-electron chi connectivity index (χ1n) is 8.84. The molecule has 2 amide bonds. The van der Waals surface area contributed by atoms with E-state index in [2.05, 4.69) is 0 Å². The first-order valence-corrected chi connectivity index (χ1v) is 8.84. The summed E-state index contributed by atoms with van der Waals surface area (Å²) in [4.78, 5) is 37.9. The van der Waals surface area contributed by atoms with Crippen molar-refractivity contribution >= 4 is 28.6 Å². The van der Waals surface area contributed by atoms with Crippen LogP contribution in [0.3, 0.4) is 0 Å². The molecule has 0 unspecified atom stereocenters. The lowest BCUT2D eigenvalue weighted by molar-refractivity contribution is -0.143. The molecule has 1 saturated heterocycles. The number of benzene rings is 2. The summed E-state index contributed by atoms with van der Waals surface area (Å²) in [6, 6.07) is 10.3. The molecule has 1 heterocycles. The summed E-state index contributed by atoms with van der Waals surface area (Å²) in [6.45, 7) is -0.0120. The minimum Gasteiger partial charge on any atom is -0.496 e. The van der Waals surface area contributed by atoms with E-state index >= 15 is 0 Å². The fourth-order valence-corrected chi connectivity index (χ4v) is 3.36. The molecule has 2 N–H and O–H groups in total. The molecule has 1 atom stereocenters. The van der Waals surface area contributed by atoms with Crippen molar-refractivity contribution in [2.75, 3.05) is 20.3 Å². The Labute approximate surface area is 157 Å². The third kappa shape index (κ3) is 4.02. The lowest BCUT2D eigenvalue weighted by atomic mass is 10.0. The van der Waals surface area contributed by atoms with Gasteiger partial charge < -0.3 is 20.1 Å². The summed E-state index contributed by atoms with van der Waals surface area (Å²) < 4.78 is 10.5. The highest BCUT2D eigenvalue weighted by molar-refractivity contribution is 5.99. The number of hydrogen-bond acceptors (Lipinski definition) is 5. The molecule has 0 bridgehead atoms. The van der Waals surface area contributed by atoms with Crippen LogP contribution in [0.1, 0.15) is 29.6 Å². The second-order valence-electron chi connectivity index (χ2n) is 6.48. The van der Waals surface area contributed by atoms with Gasteiger partial charge in [0, 0.05) is 6.54 Å². The standard InChI is InChI=1S/C20H22N2O5/c1-26-17-11-14-7-3-2-6-13(14)10-15(17)20(25)27-12-18(23)22-9-5-4-8-16(22)19(21)24/h2-3,6-7,10-11,16H,4-5,8-9,12H2,1H3,(H2,21,24)/t16-/m1/s1. The highest BCUT2D eigenvalue weighted by Crippen LogP contribution is 2.26. The molecular formula is C20H22N2O5. The van der Waals surface area contributed by atoms with Crippen molar-refractivity contribution in [1.29, 1.82) is 0 Å². The monoisotopic (exact) mass is 370 g/mol. The average Bonchev–Trinajstić information content (AvgIpc) is 2.70. The Kier molecular flexibility index (Phi) is 5.59. The summed E-state index contributed by atoms with van der Waals surface area (Å²) >= 11 is 0. The minimum atomic E-state index is -0.654. The molecule has 1 fully saturated rings. The topological polar surface area (TPSA) is 98.9 Å². The van der Waals surface area contributed by atoms with Gasteiger partial charge in [-0.05, 0) is 42.2 Å². The van der Waals surface area contributed by atoms with Gasteiger partial charge in [0.25, 0.3) is 5.91 Å². The van der Waals surface area contributed by atoms with Crippen LogP contribution in [0, 0.1) is 0 Å². The van der Waals surface area contributed by atoms with E-state index in [0.717, 1.165) is 23.6 Å². The normalized spacial score (nSPS) is 16.8. The lowest BCUT2D eigenvalue weighted by Gasteiger charge is -2.33. The molecule has 27 heavy (non-hydrogen) atoms. The van der Waals surface area contributed by atoms with E-state index in [1.54, 1.807) is 12.1 Å². The number of carbonyl (C=O) groups is 3. The van der Waals surface area contributed by atoms with Gasteiger partial charge in [-0.15, -0.1) is 0 Å². The summed E-state index contributed by atoms with van der Waals surface area (Å²) in [5.74, 6) is -1.24. The van der Waals surface area contributed by atoms with Crippen molar-refractivity contribution < 1.29 is 23.9 Å². The van der Waals surface area contributed by atoms with Gasteiger partial charge in [-0.3, -0.25) is 9.59 Å². The molecule has 0 saturated carbocycles. The molecule has 7 nitrogen and oxygen atoms in total. The molecule has 1 aliphatic heterocycles. The maximum absolute atomic E-state index is 12.5. The number of ether oxygens (including phenoxy) is 2. The van der Waals surface area contributed by atoms with Crippen molar-refractivity contribution in [2.45, 2.75) is 25.3 Å². The third-order valence-electron chi connectivity index (χ3n) is 4.77. The Morgan fingerprint density at radius 2 is 1.85 bits per heavy atom. The molecule has 3 rings (SSSR count). The Balaban J connectivity index is 1.72. The van der Waals surface area contributed by atoms with Crippen molar-refractivity contribution in [3.63, 3.8) is 0 Å². The smallest absolute Gasteiger partial charge is 0.342 e. The van der Waals surface area contributed by atoms with Gasteiger partial charge in [0.2, 0.25) is 5.91 Å². The molecule has 0 radical (unpaired) electrons. The van der Waals surface area contributed by atoms with Crippen molar-refractivity contribution in [3.05, 3.63) is 42.0 Å². The zero-order valence-electron chi connectivity index (χ0n) is 15.1. The van der Waals surface area contributed by atoms with Crippen molar-refractivity contribution in [1.82, 2.24) is 4.90 Å². The van der Waals surface area contributed by atoms with Crippen LogP contribution in [0.5, 0.6) is 5.75 Å². The van der Waals surface area contributed by atoms with Gasteiger partial charge in [-0.2, -0.15) is 0 Å². The summed E-state index contributed by atoms with van der Waals surface area (Å²) in [7, 11) is 1.47. The van der Waals surface area contributed by atoms with Crippen LogP contribution in [-0.4, -0.2) is 49.0 Å². The van der Waals surface area contributed by atoms with Crippen LogP contribution in [0.4, 0.5) is 0 Å². The van der Waals surface area contributed by atoms with Crippen molar-refractivity contribution in [3.8, 4) is 5.75 Å². The van der Waals surface area contributed by atoms with E-state index in [1.165, 1.54) is 12.0 Å². The van der Waals surface area contributed by atoms with E-state index < -0.39 is 30.4 Å². The number of piperidine rings is 1. The van der Waals surface area contributed by atoms with E-state index in [4.69, 9.17) is 15.2 Å². The fraction of sp³-hybridized carbons (Fsp3) is 0.350. The Morgan fingerprint density at radius 1 is 1.15 bits per heavy atom. The molecule has 0 aliphatic carbocycles. The van der Waals surface area contributed by atoms with Gasteiger partial charge in [-0.1, -0.05) is 24.3 Å². The summed E-state index contributed by atoms with van der Waals surface area (Å²) in [5.41, 5.74) is 5.62. The minimum absolute atomic E-state index is 0.245. The predicted octanol–water partition coefficient (Wildman–Crippen LogP) is 1.87. The third-order valence-corrected chi connectivity index (χ3v) is 4.77. The second-order valence-corrected chi connectivity index (χ2v) is 6.48. The van der Waals surface area contributed by atoms with Gasteiger partial charge in [0.1, 0.15) is 17.4 Å². The zero-order chi connectivity index (χ0) is 19.4. The Morgan fingerprint density at radius 3 is 2.52 bits per heavy atom. The second kappa shape index (κ2) is 8.07. The lowest BCUT2D eigenvalue weighted by Crippen LogP contribution is -2.51. The first kappa shape index (κ1) is 18.7. The molecule has 0 spiro atoms. The van der Waals surface area contributed by atoms with Gasteiger partial charge in [-0.25, -0.2) is 4.79 Å². The Hall–Kier alpha value is -3.09. The maximum Gasteiger partial charge on any atom is 0.342 e. The van der Waals surface area contributed by atoms with Crippen LogP contribution in [0.15, 0.2) is 36.4 Å². The number of fused-ring (bicyclic) bond motifs is 1. The molecule has 142 valence electrons. The largest absolute Gasteiger partial charge is 0.496 e. The van der Waals surface area contributed by atoms with E-state index in [1.807, 2.05) is 24.3 Å². The number of carbonyl (C=O) groups excluding carboxylic acids is 3. The number of amides is 2. The number of nitrogens with two attached hydrogens (primary N) is 1. The zero-order valence-corrected chi connectivity index (χ0v) is 15.1. The highest BCUT2D eigenvalue weighted by Gasteiger charge is 2.31. The fourth-order valence-electron chi connectivity index (χ4n) is 3.36. The van der Waals surface area contributed by atoms with E-state index in [-0.39, 0.29) is 5.56 Å². The van der Waals surface area contributed by atoms with Crippen molar-refractivity contribution in [2.24, 2.45) is 5.73 Å². The van der Waals surface area contributed by atoms with Gasteiger partial charge in [0.05, 0.1) is 7.11 Å². The molecule has 2 aromatic rings. The number of likely N-dealkylation sites (tertiary alicyclic amines) is 1. The molecule has 7 heteroatoms. The molecule has 2 aromatic carbocycles. The van der Waals surface area contributed by atoms with Gasteiger partial charge in [0.15, 0.2) is 6.61 Å². The maximum atomic E-state index is 12.5. The molecule has 0 aromatic heterocycles. The highest BCUT2D eigenvalue weighted by atomic mass is 16.5. The van der Waals surface area contributed by atoms with Gasteiger partial charge >= 0.3 is 5.97 Å². The summed E-state index contributed by atoms with van der Waals surface area (Å²) in [6.07, 6.45) is 2.17. The van der Waals surface area contributed by atoms with E-state index in [9.17, 15) is 14.4 Å². The number of nitrogens with zero attached hydrogens (tertiary/aromatic N) is 1. The van der Waals surface area contributed by atoms with Crippen LogP contribution in [0.25, 0.3) is 10.8 Å². The quantitative estimate of drug-likeness (QED) is 0.810. The van der Waals surface area contributed by atoms with Crippen LogP contribution >= 0.6 is 0 Å². The van der Waals surface area contributed by atoms with Crippen LogP contribution in [-0.2, 0) is 14.3 Å². The number of primary amides is 1. The van der Waals surface area contributed by atoms with Crippen LogP contribution < -0.4 is 10.5 Å². The molecular weight excluding hydrogens is 348 g/mol. The van der Waals surface area contributed by atoms with E-state index in [0.29, 0.717) is 18.7 Å². The number of methoxy groups -OCH3 is 1. The average molecular weight is 370 g/mol. The van der Waals surface area contributed by atoms with Crippen LogP contribution in [0.2, 0.25) is 0 Å². The Bertz CT molecular complexity index is 880. The SMILES string of the molecule is COc1cc2ccccc2cc1C(=O)OCC(=O)N1CCCC[C@@H]1C(N)=O. The molecule has 1 aliphatic rings. The number of hydrogen-bond donors (Lipinski definition) is 1. The number of rotatable bonds is 5. The number of esters is 1. The summed E-state index contributed by atoms with van der Waals surface area (Å²) in [5, 5.41) is 1.79. The predicted molar refractivity (Wildman–Crippen MR) is 99.3 cm³/mol.